The summed E-state index contributed by atoms with van der Waals surface area (Å²) >= 11 is 0. The third-order valence-electron chi connectivity index (χ3n) is 5.98. The molecule has 2 N–H and O–H groups in total. The van der Waals surface area contributed by atoms with Gasteiger partial charge in [-0.15, -0.1) is 24.0 Å². The molecule has 3 rings (SSSR count). The summed E-state index contributed by atoms with van der Waals surface area (Å²) in [7, 11) is 1.73. The first-order valence-electron chi connectivity index (χ1n) is 11.1. The number of hydrogen-bond acceptors (Lipinski definition) is 4. The van der Waals surface area contributed by atoms with Crippen molar-refractivity contribution in [2.75, 3.05) is 46.6 Å². The van der Waals surface area contributed by atoms with Crippen LogP contribution in [0.25, 0.3) is 0 Å². The number of ether oxygens (including phenoxy) is 3. The fraction of sp³-hybridized carbons (Fsp3) is 0.696. The van der Waals surface area contributed by atoms with E-state index in [1.807, 2.05) is 6.07 Å². The predicted molar refractivity (Wildman–Crippen MR) is 132 cm³/mol. The Labute approximate surface area is 198 Å². The van der Waals surface area contributed by atoms with E-state index in [4.69, 9.17) is 19.2 Å². The molecule has 30 heavy (non-hydrogen) atoms. The molecule has 1 unspecified atom stereocenters. The monoisotopic (exact) mass is 531 g/mol. The van der Waals surface area contributed by atoms with Gasteiger partial charge in [-0.05, 0) is 50.3 Å². The van der Waals surface area contributed by atoms with Gasteiger partial charge in [0.2, 0.25) is 0 Å². The Kier molecular flexibility index (Phi) is 11.2. The Morgan fingerprint density at radius 3 is 2.80 bits per heavy atom. The van der Waals surface area contributed by atoms with Gasteiger partial charge in [-0.2, -0.15) is 0 Å². The average Bonchev–Trinajstić information content (AvgIpc) is 3.44. The SMILES string of the molecule is CCNC(=NCC1(c2cccc(OC)c2)CCCC1)NCCCOC1CCOC1.I. The van der Waals surface area contributed by atoms with Crippen LogP contribution in [0.2, 0.25) is 0 Å². The van der Waals surface area contributed by atoms with Gasteiger partial charge in [0.15, 0.2) is 5.96 Å². The van der Waals surface area contributed by atoms with Gasteiger partial charge in [0.1, 0.15) is 5.75 Å². The van der Waals surface area contributed by atoms with E-state index in [9.17, 15) is 0 Å². The fourth-order valence-electron chi connectivity index (χ4n) is 4.29. The van der Waals surface area contributed by atoms with E-state index in [2.05, 4.69) is 35.8 Å². The minimum atomic E-state index is 0. The Hall–Kier alpha value is -1.06. The number of aliphatic imine (C=N–C) groups is 1. The molecule has 0 radical (unpaired) electrons. The molecule has 7 heteroatoms. The van der Waals surface area contributed by atoms with E-state index < -0.39 is 0 Å². The van der Waals surface area contributed by atoms with Crippen LogP contribution >= 0.6 is 24.0 Å². The van der Waals surface area contributed by atoms with Crippen LogP contribution in [0.4, 0.5) is 0 Å². The summed E-state index contributed by atoms with van der Waals surface area (Å²) in [5, 5.41) is 6.85. The van der Waals surface area contributed by atoms with Gasteiger partial charge in [0.25, 0.3) is 0 Å². The number of nitrogens with zero attached hydrogens (tertiary/aromatic N) is 1. The lowest BCUT2D eigenvalue weighted by Gasteiger charge is -2.28. The second-order valence-electron chi connectivity index (χ2n) is 8.05. The average molecular weight is 531 g/mol. The molecule has 0 spiro atoms. The highest BCUT2D eigenvalue weighted by molar-refractivity contribution is 14.0. The van der Waals surface area contributed by atoms with E-state index in [1.165, 1.54) is 31.2 Å². The number of nitrogens with one attached hydrogen (secondary N) is 2. The van der Waals surface area contributed by atoms with E-state index in [0.29, 0.717) is 0 Å². The number of guanidine groups is 1. The summed E-state index contributed by atoms with van der Waals surface area (Å²) in [6.45, 7) is 6.94. The van der Waals surface area contributed by atoms with Crippen molar-refractivity contribution >= 4 is 29.9 Å². The largest absolute Gasteiger partial charge is 0.497 e. The van der Waals surface area contributed by atoms with Crippen molar-refractivity contribution in [2.24, 2.45) is 4.99 Å². The normalized spacial score (nSPS) is 20.6. The van der Waals surface area contributed by atoms with Crippen molar-refractivity contribution in [3.05, 3.63) is 29.8 Å². The zero-order chi connectivity index (χ0) is 20.4. The van der Waals surface area contributed by atoms with Crippen LogP contribution in [-0.2, 0) is 14.9 Å². The van der Waals surface area contributed by atoms with Gasteiger partial charge >= 0.3 is 0 Å². The Bertz CT molecular complexity index is 644. The van der Waals surface area contributed by atoms with Crippen LogP contribution in [-0.4, -0.2) is 58.6 Å². The summed E-state index contributed by atoms with van der Waals surface area (Å²) in [4.78, 5) is 4.97. The standard InChI is InChI=1S/C23H37N3O3.HI/c1-3-24-22(25-13-7-14-29-21-10-15-28-17-21)26-18-23(11-4-5-12-23)19-8-6-9-20(16-19)27-2;/h6,8-9,16,21H,3-5,7,10-15,17-18H2,1-2H3,(H2,24,25,26);1H. The van der Waals surface area contributed by atoms with Gasteiger partial charge in [0, 0.05) is 31.7 Å². The van der Waals surface area contributed by atoms with Crippen molar-refractivity contribution in [1.29, 1.82) is 0 Å². The lowest BCUT2D eigenvalue weighted by Crippen LogP contribution is -2.39. The highest BCUT2D eigenvalue weighted by atomic mass is 127. The predicted octanol–water partition coefficient (Wildman–Crippen LogP) is 3.88. The topological polar surface area (TPSA) is 64.1 Å². The van der Waals surface area contributed by atoms with Gasteiger partial charge in [0.05, 0.1) is 26.4 Å². The molecule has 2 aliphatic rings. The maximum Gasteiger partial charge on any atom is 0.191 e. The van der Waals surface area contributed by atoms with Crippen LogP contribution in [0.1, 0.15) is 51.0 Å². The molecule has 1 aromatic carbocycles. The maximum absolute atomic E-state index is 5.84. The molecule has 1 saturated heterocycles. The fourth-order valence-corrected chi connectivity index (χ4v) is 4.29. The molecule has 1 aliphatic heterocycles. The van der Waals surface area contributed by atoms with Crippen molar-refractivity contribution in [1.82, 2.24) is 10.6 Å². The molecule has 0 bridgehead atoms. The third-order valence-corrected chi connectivity index (χ3v) is 5.98. The number of methoxy groups -OCH3 is 1. The number of hydrogen-bond donors (Lipinski definition) is 2. The third kappa shape index (κ3) is 7.27. The molecule has 170 valence electrons. The second-order valence-corrected chi connectivity index (χ2v) is 8.05. The zero-order valence-corrected chi connectivity index (χ0v) is 20.8. The summed E-state index contributed by atoms with van der Waals surface area (Å²) in [5.41, 5.74) is 1.46. The van der Waals surface area contributed by atoms with Crippen molar-refractivity contribution in [3.63, 3.8) is 0 Å². The van der Waals surface area contributed by atoms with E-state index in [0.717, 1.165) is 64.0 Å². The first-order valence-corrected chi connectivity index (χ1v) is 11.1. The molecule has 1 aliphatic carbocycles. The molecule has 2 fully saturated rings. The number of benzene rings is 1. The molecule has 0 amide bonds. The summed E-state index contributed by atoms with van der Waals surface area (Å²) in [6, 6.07) is 8.52. The van der Waals surface area contributed by atoms with Crippen LogP contribution < -0.4 is 15.4 Å². The van der Waals surface area contributed by atoms with Gasteiger partial charge in [-0.25, -0.2) is 0 Å². The Morgan fingerprint density at radius 2 is 2.10 bits per heavy atom. The van der Waals surface area contributed by atoms with E-state index in [-0.39, 0.29) is 35.5 Å². The molecule has 1 heterocycles. The van der Waals surface area contributed by atoms with Crippen LogP contribution in [0.15, 0.2) is 29.3 Å². The quantitative estimate of drug-likeness (QED) is 0.208. The van der Waals surface area contributed by atoms with Gasteiger partial charge in [-0.1, -0.05) is 25.0 Å². The highest BCUT2D eigenvalue weighted by Crippen LogP contribution is 2.42. The van der Waals surface area contributed by atoms with E-state index >= 15 is 0 Å². The lowest BCUT2D eigenvalue weighted by atomic mass is 9.79. The summed E-state index contributed by atoms with van der Waals surface area (Å²) < 4.78 is 16.6. The summed E-state index contributed by atoms with van der Waals surface area (Å²) in [5.74, 6) is 1.82. The highest BCUT2D eigenvalue weighted by Gasteiger charge is 2.35. The minimum absolute atomic E-state index is 0. The maximum atomic E-state index is 5.84. The number of halogens is 1. The summed E-state index contributed by atoms with van der Waals surface area (Å²) in [6.07, 6.45) is 7.15. The lowest BCUT2D eigenvalue weighted by molar-refractivity contribution is 0.0420. The van der Waals surface area contributed by atoms with Crippen LogP contribution in [0, 0.1) is 0 Å². The molecule has 1 saturated carbocycles. The smallest absolute Gasteiger partial charge is 0.191 e. The van der Waals surface area contributed by atoms with Crippen LogP contribution in [0.5, 0.6) is 5.75 Å². The van der Waals surface area contributed by atoms with Crippen molar-refractivity contribution in [2.45, 2.75) is 57.0 Å². The molecule has 1 atom stereocenters. The molecular formula is C23H38IN3O3. The Balaban J connectivity index is 0.00000320. The van der Waals surface area contributed by atoms with Crippen molar-refractivity contribution in [3.8, 4) is 5.75 Å². The molecular weight excluding hydrogens is 493 g/mol. The second kappa shape index (κ2) is 13.4. The first-order chi connectivity index (χ1) is 14.3. The number of rotatable bonds is 10. The van der Waals surface area contributed by atoms with Gasteiger partial charge in [-0.3, -0.25) is 4.99 Å². The van der Waals surface area contributed by atoms with Gasteiger partial charge < -0.3 is 24.8 Å². The molecule has 6 nitrogen and oxygen atoms in total. The first kappa shape index (κ1) is 25.2. The molecule has 1 aromatic rings. The molecule has 0 aromatic heterocycles. The van der Waals surface area contributed by atoms with E-state index in [1.54, 1.807) is 7.11 Å². The van der Waals surface area contributed by atoms with Crippen molar-refractivity contribution < 1.29 is 14.2 Å². The van der Waals surface area contributed by atoms with Crippen LogP contribution in [0.3, 0.4) is 0 Å². The Morgan fingerprint density at radius 1 is 1.27 bits per heavy atom. The zero-order valence-electron chi connectivity index (χ0n) is 18.5. The minimum Gasteiger partial charge on any atom is -0.497 e.